The maximum Gasteiger partial charge on any atom is 0.243 e. The normalized spacial score (nSPS) is 24.2. The minimum Gasteiger partial charge on any atom is -0.377 e. The van der Waals surface area contributed by atoms with E-state index in [1.54, 1.807) is 4.90 Å². The Morgan fingerprint density at radius 1 is 1.11 bits per heavy atom. The maximum atomic E-state index is 14.2. The van der Waals surface area contributed by atoms with E-state index >= 15 is 0 Å². The van der Waals surface area contributed by atoms with Crippen molar-refractivity contribution in [3.63, 3.8) is 0 Å². The summed E-state index contributed by atoms with van der Waals surface area (Å²) in [7, 11) is 16.5. The zero-order valence-corrected chi connectivity index (χ0v) is 25.4. The van der Waals surface area contributed by atoms with E-state index in [2.05, 4.69) is 49.9 Å². The maximum absolute atomic E-state index is 14.2. The van der Waals surface area contributed by atoms with E-state index in [0.29, 0.717) is 25.9 Å². The Hall–Kier alpha value is -1.44. The minimum absolute atomic E-state index is 0.000187. The highest BCUT2D eigenvalue weighted by Gasteiger charge is 2.59. The van der Waals surface area contributed by atoms with Gasteiger partial charge in [-0.25, -0.2) is 0 Å². The molecule has 0 aromatic heterocycles. The lowest BCUT2D eigenvalue weighted by atomic mass is 9.13. The summed E-state index contributed by atoms with van der Waals surface area (Å²) >= 11 is 0. The van der Waals surface area contributed by atoms with Crippen LogP contribution in [0.25, 0.3) is 0 Å². The number of carbonyl (C=O) groups excluding carboxylic acids is 4. The van der Waals surface area contributed by atoms with Crippen LogP contribution in [0.1, 0.15) is 46.0 Å². The molecule has 0 aromatic carbocycles. The van der Waals surface area contributed by atoms with Gasteiger partial charge in [-0.3, -0.25) is 19.2 Å². The van der Waals surface area contributed by atoms with Gasteiger partial charge in [0.1, 0.15) is 36.2 Å². The Bertz CT molecular complexity index is 977. The van der Waals surface area contributed by atoms with Crippen molar-refractivity contribution in [1.82, 2.24) is 15.5 Å². The monoisotopic (exact) mass is 517 g/mol. The predicted octanol–water partition coefficient (Wildman–Crippen LogP) is -6.93. The molecule has 3 fully saturated rings. The van der Waals surface area contributed by atoms with Gasteiger partial charge < -0.3 is 20.3 Å². The highest BCUT2D eigenvalue weighted by atomic mass is 16.5. The van der Waals surface area contributed by atoms with Crippen LogP contribution in [0.4, 0.5) is 0 Å². The van der Waals surface area contributed by atoms with E-state index in [4.69, 9.17) is 4.74 Å². The van der Waals surface area contributed by atoms with Gasteiger partial charge in [0.2, 0.25) is 17.7 Å². The number of nitrogens with one attached hydrogen (secondary N) is 2. The Morgan fingerprint density at radius 2 is 1.71 bits per heavy atom. The van der Waals surface area contributed by atoms with E-state index in [-0.39, 0.29) is 58.2 Å². The number of amides is 3. The highest BCUT2D eigenvalue weighted by Crippen LogP contribution is 2.59. The molecule has 3 atom stereocenters. The zero-order valence-electron chi connectivity index (χ0n) is 25.4. The molecule has 200 valence electrons. The summed E-state index contributed by atoms with van der Waals surface area (Å²) in [5.74, 6) is -0.996. The first kappa shape index (κ1) is 31.1. The van der Waals surface area contributed by atoms with Gasteiger partial charge >= 0.3 is 0 Å². The SMILES string of the molecule is BC(C)(C)OCC(=O)[C@H](C[C@@H]1CCNC1=O)NC(=O)[C@@H]1CC2(CC2)CN1C(=O)C(B)(B)C(B)(B)C(B)(B)B. The molecule has 3 amide bonds. The Kier molecular flexibility index (Phi) is 8.60. The molecule has 1 saturated carbocycles. The van der Waals surface area contributed by atoms with E-state index in [1.165, 1.54) is 0 Å². The van der Waals surface area contributed by atoms with Crippen molar-refractivity contribution < 1.29 is 23.9 Å². The number of ketones is 1. The number of hydrogen-bond acceptors (Lipinski definition) is 5. The Labute approximate surface area is 235 Å². The molecule has 0 radical (unpaired) electrons. The number of rotatable bonds is 11. The lowest BCUT2D eigenvalue weighted by Gasteiger charge is -2.52. The lowest BCUT2D eigenvalue weighted by molar-refractivity contribution is -0.141. The van der Waals surface area contributed by atoms with Gasteiger partial charge in [-0.15, -0.1) is 5.11 Å². The van der Waals surface area contributed by atoms with Gasteiger partial charge in [0.05, 0.1) is 45.3 Å². The first-order chi connectivity index (χ1) is 17.2. The van der Waals surface area contributed by atoms with Crippen molar-refractivity contribution in [3.8, 4) is 0 Å². The molecule has 2 N–H and O–H groups in total. The second-order valence-corrected chi connectivity index (χ2v) is 15.1. The van der Waals surface area contributed by atoms with Crippen LogP contribution < -0.4 is 10.6 Å². The second-order valence-electron chi connectivity index (χ2n) is 15.1. The third-order valence-electron chi connectivity index (χ3n) is 10.0. The summed E-state index contributed by atoms with van der Waals surface area (Å²) in [6.45, 7) is 4.74. The number of carbonyl (C=O) groups is 4. The van der Waals surface area contributed by atoms with Crippen molar-refractivity contribution in [1.29, 1.82) is 0 Å². The number of ether oxygens (including phenoxy) is 1. The third-order valence-corrected chi connectivity index (χ3v) is 10.0. The molecular weight excluding hydrogens is 473 g/mol. The van der Waals surface area contributed by atoms with Crippen LogP contribution >= 0.6 is 0 Å². The summed E-state index contributed by atoms with van der Waals surface area (Å²) in [6, 6.07) is -1.47. The molecule has 1 spiro atoms. The second kappa shape index (κ2) is 10.5. The molecule has 3 rings (SSSR count). The van der Waals surface area contributed by atoms with Crippen molar-refractivity contribution in [2.45, 2.75) is 79.1 Å². The summed E-state index contributed by atoms with van der Waals surface area (Å²) in [4.78, 5) is 55.3. The number of nitrogens with zero attached hydrogens (tertiary/aromatic N) is 1. The van der Waals surface area contributed by atoms with E-state index in [1.807, 2.05) is 37.4 Å². The third kappa shape index (κ3) is 6.47. The van der Waals surface area contributed by atoms with Gasteiger partial charge in [-0.05, 0) is 56.6 Å². The van der Waals surface area contributed by atoms with Crippen molar-refractivity contribution in [2.75, 3.05) is 19.7 Å². The standard InChI is InChI=1S/C22H43B8N3O5/c1-18(2,23)38-9-14(34)12(7-11-3-6-31-15(11)35)32-16(36)13-8-19(4-5-19)10-33(13)17(37)20(24,25)21(26,27)22(28,29)30/h11-13H,3-10,23-30H2,1-2H3,(H,31,35)(H,32,36)/t11-,12-,13-/m0/s1. The topological polar surface area (TPSA) is 105 Å². The number of Topliss-reactive ketones (excluding diaryl/α,β-unsaturated/α-hetero) is 1. The quantitative estimate of drug-likeness (QED) is 0.266. The van der Waals surface area contributed by atoms with E-state index in [0.717, 1.165) is 12.8 Å². The molecule has 2 saturated heterocycles. The highest BCUT2D eigenvalue weighted by molar-refractivity contribution is 6.72. The smallest absolute Gasteiger partial charge is 0.243 e. The fourth-order valence-electron chi connectivity index (χ4n) is 5.69. The van der Waals surface area contributed by atoms with E-state index < -0.39 is 22.8 Å². The molecule has 1 aliphatic carbocycles. The first-order valence-corrected chi connectivity index (χ1v) is 14.3. The number of likely N-dealkylation sites (tertiary alicyclic amines) is 1. The van der Waals surface area contributed by atoms with Gasteiger partial charge in [0, 0.05) is 24.5 Å². The first-order valence-electron chi connectivity index (χ1n) is 14.3. The van der Waals surface area contributed by atoms with Crippen molar-refractivity contribution in [2.24, 2.45) is 11.3 Å². The van der Waals surface area contributed by atoms with Crippen LogP contribution in [0.15, 0.2) is 0 Å². The predicted molar refractivity (Wildman–Crippen MR) is 171 cm³/mol. The summed E-state index contributed by atoms with van der Waals surface area (Å²) in [5.41, 5.74) is -0.507. The van der Waals surface area contributed by atoms with Gasteiger partial charge in [-0.1, -0.05) is 5.21 Å². The molecule has 2 aliphatic heterocycles. The van der Waals surface area contributed by atoms with Crippen LogP contribution in [0, 0.1) is 11.3 Å². The summed E-state index contributed by atoms with van der Waals surface area (Å²) < 4.78 is 5.72. The van der Waals surface area contributed by atoms with Crippen LogP contribution in [0.5, 0.6) is 0 Å². The molecule has 0 bridgehead atoms. The molecule has 3 aliphatic rings. The zero-order chi connectivity index (χ0) is 28.9. The summed E-state index contributed by atoms with van der Waals surface area (Å²) in [5, 5.41) is 4.61. The largest absolute Gasteiger partial charge is 0.377 e. The van der Waals surface area contributed by atoms with Gasteiger partial charge in [0.15, 0.2) is 5.78 Å². The number of hydrogen-bond donors (Lipinski definition) is 2. The molecule has 0 unspecified atom stereocenters. The molecular formula is C22H43B8N3O5. The van der Waals surface area contributed by atoms with Crippen LogP contribution in [-0.4, -0.2) is 128 Å². The van der Waals surface area contributed by atoms with Crippen molar-refractivity contribution in [3.05, 3.63) is 0 Å². The minimum atomic E-state index is -0.842. The average Bonchev–Trinajstić information content (AvgIpc) is 3.24. The van der Waals surface area contributed by atoms with Crippen LogP contribution in [-0.2, 0) is 23.9 Å². The summed E-state index contributed by atoms with van der Waals surface area (Å²) in [6.07, 6.45) is 3.49. The average molecular weight is 516 g/mol. The van der Waals surface area contributed by atoms with Gasteiger partial charge in [0.25, 0.3) is 0 Å². The Balaban J connectivity index is 1.83. The van der Waals surface area contributed by atoms with Crippen LogP contribution in [0.2, 0.25) is 15.5 Å². The molecule has 2 heterocycles. The van der Waals surface area contributed by atoms with Gasteiger partial charge in [-0.2, -0.15) is 0 Å². The fourth-order valence-corrected chi connectivity index (χ4v) is 5.69. The molecule has 8 nitrogen and oxygen atoms in total. The van der Waals surface area contributed by atoms with Crippen molar-refractivity contribution >= 4 is 86.3 Å². The molecule has 16 heteroatoms. The molecule has 0 aromatic rings. The Morgan fingerprint density at radius 3 is 2.18 bits per heavy atom. The fraction of sp³-hybridized carbons (Fsp3) is 0.818. The van der Waals surface area contributed by atoms with Crippen LogP contribution in [0.3, 0.4) is 0 Å². The molecule has 38 heavy (non-hydrogen) atoms. The van der Waals surface area contributed by atoms with E-state index in [9.17, 15) is 19.2 Å². The lowest BCUT2D eigenvalue weighted by Crippen LogP contribution is -2.57.